The molecule has 0 nitrogen and oxygen atoms in total. The number of benzene rings is 1. The van der Waals surface area contributed by atoms with Gasteiger partial charge in [0, 0.05) is 0 Å². The molecular formula is C10H11BrMg. The fourth-order valence-electron chi connectivity index (χ4n) is 0.820. The van der Waals surface area contributed by atoms with Crippen LogP contribution < -0.4 is 17.0 Å². The van der Waals surface area contributed by atoms with Crippen molar-refractivity contribution in [2.45, 2.75) is 6.42 Å². The fraction of sp³-hybridized carbons (Fsp3) is 0.100. The molecule has 1 aromatic rings. The number of hydrogen-bond donors (Lipinski definition) is 0. The largest absolute Gasteiger partial charge is 2.00 e. The first-order chi connectivity index (χ1) is 4.86. The van der Waals surface area contributed by atoms with Gasteiger partial charge in [-0.15, -0.1) is 0 Å². The summed E-state index contributed by atoms with van der Waals surface area (Å²) in [5.74, 6) is 0. The number of halogens is 1. The Morgan fingerprint density at radius 3 is 2.08 bits per heavy atom. The van der Waals surface area contributed by atoms with Crippen LogP contribution in [-0.4, -0.2) is 23.1 Å². The molecule has 0 amide bonds. The van der Waals surface area contributed by atoms with E-state index >= 15 is 0 Å². The molecule has 2 heteroatoms. The summed E-state index contributed by atoms with van der Waals surface area (Å²) < 4.78 is 0. The molecule has 12 heavy (non-hydrogen) atoms. The minimum Gasteiger partial charge on any atom is -1.00 e. The molecule has 0 atom stereocenters. The number of rotatable bonds is 2. The van der Waals surface area contributed by atoms with E-state index in [1.807, 2.05) is 18.2 Å². The van der Waals surface area contributed by atoms with Crippen LogP contribution in [0, 0.1) is 6.92 Å². The molecule has 0 aromatic heterocycles. The van der Waals surface area contributed by atoms with Crippen molar-refractivity contribution in [1.29, 1.82) is 0 Å². The third-order valence-corrected chi connectivity index (χ3v) is 1.50. The summed E-state index contributed by atoms with van der Waals surface area (Å²) in [5, 5.41) is 0. The Labute approximate surface area is 101 Å². The summed E-state index contributed by atoms with van der Waals surface area (Å²) in [6.45, 7) is 7.46. The van der Waals surface area contributed by atoms with Gasteiger partial charge in [0.05, 0.1) is 0 Å². The smallest absolute Gasteiger partial charge is 1.00 e. The van der Waals surface area contributed by atoms with Gasteiger partial charge >= 0.3 is 23.1 Å². The summed E-state index contributed by atoms with van der Waals surface area (Å²) in [4.78, 5) is 0. The third kappa shape index (κ3) is 4.29. The van der Waals surface area contributed by atoms with Gasteiger partial charge in [0.15, 0.2) is 0 Å². The van der Waals surface area contributed by atoms with E-state index in [2.05, 4.69) is 25.6 Å². The number of hydrogen-bond acceptors (Lipinski definition) is 0. The molecular weight excluding hydrogens is 224 g/mol. The third-order valence-electron chi connectivity index (χ3n) is 1.50. The predicted octanol–water partition coefficient (Wildman–Crippen LogP) is -0.671. The maximum absolute atomic E-state index is 3.79. The maximum Gasteiger partial charge on any atom is 2.00 e. The monoisotopic (exact) mass is 234 g/mol. The molecule has 0 aliphatic heterocycles. The fourth-order valence-corrected chi connectivity index (χ4v) is 0.820. The topological polar surface area (TPSA) is 0 Å². The SMILES string of the molecule is C=Cc1ccc(C[CH2-])cc1.[Br-].[Mg+2]. The van der Waals surface area contributed by atoms with Crippen molar-refractivity contribution in [1.82, 2.24) is 0 Å². The van der Waals surface area contributed by atoms with E-state index in [1.165, 1.54) is 5.56 Å². The van der Waals surface area contributed by atoms with Gasteiger partial charge < -0.3 is 23.9 Å². The van der Waals surface area contributed by atoms with Gasteiger partial charge in [0.1, 0.15) is 0 Å². The van der Waals surface area contributed by atoms with E-state index in [0.717, 1.165) is 12.0 Å². The molecule has 0 unspecified atom stereocenters. The molecule has 0 saturated heterocycles. The second-order valence-electron chi connectivity index (χ2n) is 2.20. The Morgan fingerprint density at radius 2 is 1.75 bits per heavy atom. The summed E-state index contributed by atoms with van der Waals surface area (Å²) in [7, 11) is 0. The molecule has 0 bridgehead atoms. The summed E-state index contributed by atoms with van der Waals surface area (Å²) in [6, 6.07) is 8.25. The summed E-state index contributed by atoms with van der Waals surface area (Å²) in [6.07, 6.45) is 2.70. The van der Waals surface area contributed by atoms with Gasteiger partial charge in [-0.05, 0) is 5.56 Å². The van der Waals surface area contributed by atoms with Gasteiger partial charge in [0.2, 0.25) is 0 Å². The van der Waals surface area contributed by atoms with Crippen molar-refractivity contribution >= 4 is 29.1 Å². The van der Waals surface area contributed by atoms with E-state index in [0.29, 0.717) is 0 Å². The quantitative estimate of drug-likeness (QED) is 0.471. The van der Waals surface area contributed by atoms with Crippen molar-refractivity contribution in [2.75, 3.05) is 0 Å². The zero-order valence-electron chi connectivity index (χ0n) is 7.09. The van der Waals surface area contributed by atoms with E-state index in [4.69, 9.17) is 0 Å². The Balaban J connectivity index is 0. The molecule has 0 saturated carbocycles. The standard InChI is InChI=1S/C10H11.BrH.Mg/c1-3-9-5-7-10(4-2)8-6-9;;/h3,5-8H,1-2,4H2;1H;/q-1;;+2/p-1. The van der Waals surface area contributed by atoms with Crippen LogP contribution in [0.4, 0.5) is 0 Å². The Hall–Kier alpha value is 0.206. The van der Waals surface area contributed by atoms with Crippen LogP contribution in [0.15, 0.2) is 30.8 Å². The van der Waals surface area contributed by atoms with Crippen LogP contribution >= 0.6 is 0 Å². The molecule has 60 valence electrons. The second kappa shape index (κ2) is 7.83. The van der Waals surface area contributed by atoms with Gasteiger partial charge in [-0.3, -0.25) is 0 Å². The van der Waals surface area contributed by atoms with Crippen molar-refractivity contribution in [3.05, 3.63) is 48.9 Å². The first-order valence-corrected chi connectivity index (χ1v) is 3.37. The van der Waals surface area contributed by atoms with E-state index in [-0.39, 0.29) is 40.0 Å². The molecule has 0 radical (unpaired) electrons. The van der Waals surface area contributed by atoms with Crippen molar-refractivity contribution in [3.8, 4) is 0 Å². The van der Waals surface area contributed by atoms with Crippen LogP contribution in [0.3, 0.4) is 0 Å². The normalized spacial score (nSPS) is 7.75. The Morgan fingerprint density at radius 1 is 1.25 bits per heavy atom. The molecule has 0 fully saturated rings. The molecule has 1 aromatic carbocycles. The second-order valence-corrected chi connectivity index (χ2v) is 2.20. The molecule has 0 aliphatic rings. The average molecular weight is 235 g/mol. The van der Waals surface area contributed by atoms with E-state index < -0.39 is 0 Å². The van der Waals surface area contributed by atoms with E-state index in [9.17, 15) is 0 Å². The zero-order valence-corrected chi connectivity index (χ0v) is 10.1. The maximum atomic E-state index is 3.79. The molecule has 0 aliphatic carbocycles. The average Bonchev–Trinajstić information content (AvgIpc) is 2.05. The molecule has 0 spiro atoms. The van der Waals surface area contributed by atoms with E-state index in [1.54, 1.807) is 0 Å². The van der Waals surface area contributed by atoms with Crippen molar-refractivity contribution in [2.24, 2.45) is 0 Å². The minimum absolute atomic E-state index is 0. The van der Waals surface area contributed by atoms with Gasteiger partial charge in [0.25, 0.3) is 0 Å². The van der Waals surface area contributed by atoms with Crippen molar-refractivity contribution in [3.63, 3.8) is 0 Å². The van der Waals surface area contributed by atoms with Crippen molar-refractivity contribution < 1.29 is 17.0 Å². The van der Waals surface area contributed by atoms with Crippen LogP contribution in [-0.2, 0) is 6.42 Å². The zero-order chi connectivity index (χ0) is 7.40. The van der Waals surface area contributed by atoms with Gasteiger partial charge in [-0.2, -0.15) is 6.42 Å². The van der Waals surface area contributed by atoms with Crippen LogP contribution in [0.25, 0.3) is 6.08 Å². The van der Waals surface area contributed by atoms with Gasteiger partial charge in [-0.25, -0.2) is 0 Å². The predicted molar refractivity (Wildman–Crippen MR) is 51.3 cm³/mol. The summed E-state index contributed by atoms with van der Waals surface area (Å²) >= 11 is 0. The molecule has 0 heterocycles. The Kier molecular flexibility index (Phi) is 9.61. The summed E-state index contributed by atoms with van der Waals surface area (Å²) in [5.41, 5.74) is 2.43. The van der Waals surface area contributed by atoms with Crippen LogP contribution in [0.2, 0.25) is 0 Å². The first-order valence-electron chi connectivity index (χ1n) is 3.37. The van der Waals surface area contributed by atoms with Gasteiger partial charge in [-0.1, -0.05) is 42.5 Å². The minimum atomic E-state index is 0. The molecule has 0 N–H and O–H groups in total. The first kappa shape index (κ1) is 14.7. The van der Waals surface area contributed by atoms with Crippen LogP contribution in [0.5, 0.6) is 0 Å². The Bertz CT molecular complexity index is 216. The molecule has 1 rings (SSSR count). The van der Waals surface area contributed by atoms with Crippen LogP contribution in [0.1, 0.15) is 11.1 Å².